The number of carbonyl (C=O) groups excluding carboxylic acids is 2. The molecule has 3 amide bonds. The Labute approximate surface area is 125 Å². The maximum absolute atomic E-state index is 11.8. The predicted molar refractivity (Wildman–Crippen MR) is 83.2 cm³/mol. The third-order valence-corrected chi connectivity index (χ3v) is 3.81. The van der Waals surface area contributed by atoms with Gasteiger partial charge in [-0.3, -0.25) is 15.0 Å². The normalized spacial score (nSPS) is 16.5. The van der Waals surface area contributed by atoms with Crippen LogP contribution in [0.4, 0.5) is 10.5 Å². The minimum atomic E-state index is -0.478. The highest BCUT2D eigenvalue weighted by Crippen LogP contribution is 2.15. The maximum Gasteiger partial charge on any atom is 0.325 e. The number of nitrogens with zero attached hydrogens (tertiary/aromatic N) is 1. The lowest BCUT2D eigenvalue weighted by Crippen LogP contribution is -2.44. The number of amides is 3. The van der Waals surface area contributed by atoms with Gasteiger partial charge in [0, 0.05) is 5.69 Å². The first-order valence-corrected chi connectivity index (χ1v) is 7.43. The van der Waals surface area contributed by atoms with Crippen molar-refractivity contribution in [2.75, 3.05) is 25.0 Å². The fraction of sp³-hybridized carbons (Fsp3) is 0.500. The predicted octanol–water partition coefficient (Wildman–Crippen LogP) is 2.38. The molecular weight excluding hydrogens is 266 g/mol. The molecular formula is C16H23N3O2. The van der Waals surface area contributed by atoms with Crippen molar-refractivity contribution in [3.05, 3.63) is 29.8 Å². The number of piperidine rings is 1. The third-order valence-electron chi connectivity index (χ3n) is 3.81. The van der Waals surface area contributed by atoms with Gasteiger partial charge in [-0.15, -0.1) is 0 Å². The molecule has 1 aliphatic heterocycles. The van der Waals surface area contributed by atoms with Crippen LogP contribution in [0.15, 0.2) is 24.3 Å². The van der Waals surface area contributed by atoms with Gasteiger partial charge < -0.3 is 5.32 Å². The first-order chi connectivity index (χ1) is 10.0. The van der Waals surface area contributed by atoms with E-state index in [2.05, 4.69) is 22.5 Å². The number of hydrogen-bond donors (Lipinski definition) is 2. The van der Waals surface area contributed by atoms with E-state index < -0.39 is 6.03 Å². The van der Waals surface area contributed by atoms with Gasteiger partial charge in [-0.05, 0) is 50.9 Å². The Morgan fingerprint density at radius 3 is 2.43 bits per heavy atom. The van der Waals surface area contributed by atoms with Gasteiger partial charge in [0.15, 0.2) is 0 Å². The number of urea groups is 1. The lowest BCUT2D eigenvalue weighted by atomic mass is 9.99. The second kappa shape index (κ2) is 7.22. The van der Waals surface area contributed by atoms with E-state index >= 15 is 0 Å². The number of likely N-dealkylation sites (tertiary alicyclic amines) is 1. The van der Waals surface area contributed by atoms with Gasteiger partial charge in [-0.25, -0.2) is 4.79 Å². The summed E-state index contributed by atoms with van der Waals surface area (Å²) in [5.74, 6) is 0.475. The van der Waals surface area contributed by atoms with E-state index in [9.17, 15) is 9.59 Å². The van der Waals surface area contributed by atoms with Gasteiger partial charge in [-0.1, -0.05) is 24.6 Å². The van der Waals surface area contributed by atoms with Gasteiger partial charge in [0.1, 0.15) is 0 Å². The smallest absolute Gasteiger partial charge is 0.308 e. The van der Waals surface area contributed by atoms with Crippen LogP contribution in [-0.2, 0) is 4.79 Å². The van der Waals surface area contributed by atoms with Crippen LogP contribution in [0, 0.1) is 12.8 Å². The molecule has 1 aromatic rings. The standard InChI is InChI=1S/C16H23N3O2/c1-12-3-5-14(6-4-12)17-16(21)18-15(20)11-19-9-7-13(2)8-10-19/h3-6,13H,7-11H2,1-2H3,(H2,17,18,20,21). The topological polar surface area (TPSA) is 61.4 Å². The van der Waals surface area contributed by atoms with Gasteiger partial charge in [0.05, 0.1) is 6.54 Å². The highest BCUT2D eigenvalue weighted by molar-refractivity contribution is 6.01. The number of rotatable bonds is 3. The Morgan fingerprint density at radius 1 is 1.19 bits per heavy atom. The summed E-state index contributed by atoms with van der Waals surface area (Å²) in [6.07, 6.45) is 2.23. The molecule has 0 atom stereocenters. The zero-order chi connectivity index (χ0) is 15.2. The van der Waals surface area contributed by atoms with Crippen molar-refractivity contribution in [3.63, 3.8) is 0 Å². The van der Waals surface area contributed by atoms with Crippen molar-refractivity contribution in [1.82, 2.24) is 10.2 Å². The highest BCUT2D eigenvalue weighted by atomic mass is 16.2. The van der Waals surface area contributed by atoms with Crippen molar-refractivity contribution in [1.29, 1.82) is 0 Å². The van der Waals surface area contributed by atoms with Gasteiger partial charge in [-0.2, -0.15) is 0 Å². The fourth-order valence-electron chi connectivity index (χ4n) is 2.39. The molecule has 1 aromatic carbocycles. The molecule has 21 heavy (non-hydrogen) atoms. The van der Waals surface area contributed by atoms with E-state index in [1.54, 1.807) is 0 Å². The van der Waals surface area contributed by atoms with Crippen LogP contribution in [0.2, 0.25) is 0 Å². The van der Waals surface area contributed by atoms with Crippen LogP contribution in [-0.4, -0.2) is 36.5 Å². The van der Waals surface area contributed by atoms with Crippen LogP contribution in [0.1, 0.15) is 25.3 Å². The molecule has 1 aliphatic rings. The third kappa shape index (κ3) is 5.19. The van der Waals surface area contributed by atoms with Crippen molar-refractivity contribution in [3.8, 4) is 0 Å². The van der Waals surface area contributed by atoms with Crippen molar-refractivity contribution >= 4 is 17.6 Å². The number of nitrogens with one attached hydrogen (secondary N) is 2. The number of imide groups is 1. The molecule has 1 heterocycles. The quantitative estimate of drug-likeness (QED) is 0.898. The molecule has 0 aliphatic carbocycles. The van der Waals surface area contributed by atoms with Crippen LogP contribution in [0.25, 0.3) is 0 Å². The Morgan fingerprint density at radius 2 is 1.81 bits per heavy atom. The molecule has 2 rings (SSSR count). The summed E-state index contributed by atoms with van der Waals surface area (Å²) in [4.78, 5) is 25.7. The summed E-state index contributed by atoms with van der Waals surface area (Å²) in [6, 6.07) is 6.96. The van der Waals surface area contributed by atoms with Gasteiger partial charge in [0.2, 0.25) is 5.91 Å². The summed E-state index contributed by atoms with van der Waals surface area (Å²) >= 11 is 0. The van der Waals surface area contributed by atoms with E-state index in [0.29, 0.717) is 5.69 Å². The van der Waals surface area contributed by atoms with Gasteiger partial charge >= 0.3 is 6.03 Å². The zero-order valence-electron chi connectivity index (χ0n) is 12.7. The average Bonchev–Trinajstić information content (AvgIpc) is 2.44. The molecule has 2 N–H and O–H groups in total. The Bertz CT molecular complexity index is 491. The van der Waals surface area contributed by atoms with E-state index in [0.717, 1.165) is 37.4 Å². The molecule has 1 fully saturated rings. The van der Waals surface area contributed by atoms with Crippen molar-refractivity contribution < 1.29 is 9.59 Å². The van der Waals surface area contributed by atoms with E-state index in [1.165, 1.54) is 0 Å². The van der Waals surface area contributed by atoms with Crippen molar-refractivity contribution in [2.45, 2.75) is 26.7 Å². The molecule has 0 radical (unpaired) electrons. The minimum absolute atomic E-state index is 0.255. The molecule has 0 bridgehead atoms. The largest absolute Gasteiger partial charge is 0.325 e. The molecule has 0 spiro atoms. The summed E-state index contributed by atoms with van der Waals surface area (Å²) < 4.78 is 0. The molecule has 5 heteroatoms. The number of benzene rings is 1. The van der Waals surface area contributed by atoms with E-state index in [1.807, 2.05) is 31.2 Å². The maximum atomic E-state index is 11.8. The van der Waals surface area contributed by atoms with Crippen LogP contribution in [0.3, 0.4) is 0 Å². The molecule has 0 unspecified atom stereocenters. The van der Waals surface area contributed by atoms with Crippen molar-refractivity contribution in [2.24, 2.45) is 5.92 Å². The van der Waals surface area contributed by atoms with E-state index in [4.69, 9.17) is 0 Å². The molecule has 0 saturated carbocycles. The van der Waals surface area contributed by atoms with Crippen LogP contribution >= 0.6 is 0 Å². The Balaban J connectivity index is 1.74. The average molecular weight is 289 g/mol. The fourth-order valence-corrected chi connectivity index (χ4v) is 2.39. The summed E-state index contributed by atoms with van der Waals surface area (Å²) in [5.41, 5.74) is 1.80. The summed E-state index contributed by atoms with van der Waals surface area (Å²) in [6.45, 7) is 6.34. The molecule has 1 saturated heterocycles. The molecule has 5 nitrogen and oxygen atoms in total. The number of aryl methyl sites for hydroxylation is 1. The van der Waals surface area contributed by atoms with E-state index in [-0.39, 0.29) is 12.5 Å². The summed E-state index contributed by atoms with van der Waals surface area (Å²) in [7, 11) is 0. The highest BCUT2D eigenvalue weighted by Gasteiger charge is 2.18. The van der Waals surface area contributed by atoms with Crippen LogP contribution in [0.5, 0.6) is 0 Å². The molecule has 0 aromatic heterocycles. The summed E-state index contributed by atoms with van der Waals surface area (Å²) in [5, 5.41) is 5.03. The van der Waals surface area contributed by atoms with Gasteiger partial charge in [0.25, 0.3) is 0 Å². The number of hydrogen-bond acceptors (Lipinski definition) is 3. The Kier molecular flexibility index (Phi) is 5.33. The lowest BCUT2D eigenvalue weighted by molar-refractivity contribution is -0.121. The SMILES string of the molecule is Cc1ccc(NC(=O)NC(=O)CN2CCC(C)CC2)cc1. The number of carbonyl (C=O) groups is 2. The molecule has 114 valence electrons. The lowest BCUT2D eigenvalue weighted by Gasteiger charge is -2.29. The van der Waals surface area contributed by atoms with Crippen LogP contribution < -0.4 is 10.6 Å². The Hall–Kier alpha value is -1.88. The number of anilines is 1. The first kappa shape index (κ1) is 15.5. The monoisotopic (exact) mass is 289 g/mol. The second-order valence-electron chi connectivity index (χ2n) is 5.83. The minimum Gasteiger partial charge on any atom is -0.308 e. The first-order valence-electron chi connectivity index (χ1n) is 7.43. The zero-order valence-corrected chi connectivity index (χ0v) is 12.7. The second-order valence-corrected chi connectivity index (χ2v) is 5.83.